The highest BCUT2D eigenvalue weighted by atomic mass is 16.5. The fourth-order valence-electron chi connectivity index (χ4n) is 6.98. The summed E-state index contributed by atoms with van der Waals surface area (Å²) in [5.74, 6) is 0.582. The summed E-state index contributed by atoms with van der Waals surface area (Å²) in [6, 6.07) is 8.14. The first-order valence-corrected chi connectivity index (χ1v) is 9.61. The molecule has 0 spiro atoms. The van der Waals surface area contributed by atoms with Gasteiger partial charge in [-0.25, -0.2) is 0 Å². The molecule has 0 heterocycles. The highest BCUT2D eigenvalue weighted by Crippen LogP contribution is 2.78. The Kier molecular flexibility index (Phi) is 3.06. The number of hydrogen-bond donors (Lipinski definition) is 0. The van der Waals surface area contributed by atoms with Crippen LogP contribution in [0, 0.1) is 22.7 Å². The van der Waals surface area contributed by atoms with Crippen LogP contribution in [-0.2, 0) is 15.0 Å². The van der Waals surface area contributed by atoms with Crippen LogP contribution in [0.1, 0.15) is 38.2 Å². The minimum absolute atomic E-state index is 0.0977. The van der Waals surface area contributed by atoms with E-state index < -0.39 is 5.41 Å². The number of methoxy groups -OCH3 is 1. The number of benzene rings is 1. The zero-order valence-corrected chi connectivity index (χ0v) is 15.3. The van der Waals surface area contributed by atoms with Crippen molar-refractivity contribution in [2.75, 3.05) is 7.11 Å². The van der Waals surface area contributed by atoms with Gasteiger partial charge >= 0.3 is 0 Å². The van der Waals surface area contributed by atoms with Crippen molar-refractivity contribution >= 4 is 11.6 Å². The quantitative estimate of drug-likeness (QED) is 0.758. The molecule has 2 saturated carbocycles. The molecule has 5 atom stereocenters. The van der Waals surface area contributed by atoms with Crippen LogP contribution in [0.4, 0.5) is 0 Å². The monoisotopic (exact) mass is 348 g/mol. The van der Waals surface area contributed by atoms with Gasteiger partial charge < -0.3 is 4.74 Å². The van der Waals surface area contributed by atoms with Gasteiger partial charge in [0.25, 0.3) is 0 Å². The lowest BCUT2D eigenvalue weighted by atomic mass is 9.52. The lowest BCUT2D eigenvalue weighted by Gasteiger charge is -2.50. The third-order valence-corrected chi connectivity index (χ3v) is 8.07. The largest absolute Gasteiger partial charge is 0.497 e. The summed E-state index contributed by atoms with van der Waals surface area (Å²) in [5, 5.41) is 0. The highest BCUT2D eigenvalue weighted by molar-refractivity contribution is 6.10. The van der Waals surface area contributed by atoms with E-state index in [0.717, 1.165) is 37.0 Å². The van der Waals surface area contributed by atoms with Gasteiger partial charge in [0.2, 0.25) is 0 Å². The number of hydrogen-bond acceptors (Lipinski definition) is 3. The standard InChI is InChI=1S/C23H24O3/c1-21-11-3-4-12-22(21)13-14-23(21,15-5-7-16(26-2)8-6-15)20-18(25)10-9-17(24)19(20)22/h5-10,13-14,19-20H,3-4,11-12H2,1-2H3/t19-,20+,21-,22-,23-/m0/s1. The Morgan fingerprint density at radius 1 is 0.923 bits per heavy atom. The molecule has 2 bridgehead atoms. The van der Waals surface area contributed by atoms with Crippen molar-refractivity contribution in [2.24, 2.45) is 22.7 Å². The van der Waals surface area contributed by atoms with Crippen LogP contribution in [0.5, 0.6) is 5.75 Å². The second-order valence-electron chi connectivity index (χ2n) is 8.60. The first-order chi connectivity index (χ1) is 12.5. The summed E-state index contributed by atoms with van der Waals surface area (Å²) >= 11 is 0. The first-order valence-electron chi connectivity index (χ1n) is 9.61. The third kappa shape index (κ3) is 1.53. The van der Waals surface area contributed by atoms with Crippen molar-refractivity contribution in [1.82, 2.24) is 0 Å². The fourth-order valence-corrected chi connectivity index (χ4v) is 6.98. The van der Waals surface area contributed by atoms with Gasteiger partial charge in [0.1, 0.15) is 5.75 Å². The molecule has 0 unspecified atom stereocenters. The lowest BCUT2D eigenvalue weighted by molar-refractivity contribution is -0.131. The van der Waals surface area contributed by atoms with Crippen molar-refractivity contribution < 1.29 is 14.3 Å². The van der Waals surface area contributed by atoms with Gasteiger partial charge in [-0.05, 0) is 48.1 Å². The molecule has 0 aliphatic heterocycles. The average Bonchev–Trinajstić information content (AvgIpc) is 3.06. The number of ether oxygens (including phenoxy) is 1. The molecule has 134 valence electrons. The number of fused-ring (bicyclic) bond motifs is 2. The first kappa shape index (κ1) is 16.0. The maximum absolute atomic E-state index is 13.1. The van der Waals surface area contributed by atoms with Crippen molar-refractivity contribution in [3.63, 3.8) is 0 Å². The Labute approximate surface area is 154 Å². The molecule has 5 rings (SSSR count). The number of ketones is 2. The summed E-state index contributed by atoms with van der Waals surface area (Å²) < 4.78 is 5.33. The second kappa shape index (κ2) is 4.97. The van der Waals surface area contributed by atoms with Gasteiger partial charge in [0, 0.05) is 22.7 Å². The summed E-state index contributed by atoms with van der Waals surface area (Å²) in [4.78, 5) is 26.1. The van der Waals surface area contributed by atoms with Crippen molar-refractivity contribution in [3.05, 3.63) is 54.1 Å². The fraction of sp³-hybridized carbons (Fsp3) is 0.478. The van der Waals surface area contributed by atoms with Gasteiger partial charge in [0.05, 0.1) is 7.11 Å². The number of rotatable bonds is 2. The molecular weight excluding hydrogens is 324 g/mol. The predicted molar refractivity (Wildman–Crippen MR) is 99.0 cm³/mol. The topological polar surface area (TPSA) is 43.4 Å². The lowest BCUT2D eigenvalue weighted by Crippen LogP contribution is -2.47. The van der Waals surface area contributed by atoms with E-state index in [1.165, 1.54) is 12.2 Å². The van der Waals surface area contributed by atoms with E-state index in [-0.39, 0.29) is 34.2 Å². The molecule has 26 heavy (non-hydrogen) atoms. The summed E-state index contributed by atoms with van der Waals surface area (Å²) in [6.45, 7) is 2.33. The molecule has 1 aromatic rings. The Balaban J connectivity index is 1.79. The van der Waals surface area contributed by atoms with Gasteiger partial charge in [-0.1, -0.05) is 44.1 Å². The molecule has 1 aromatic carbocycles. The van der Waals surface area contributed by atoms with Crippen molar-refractivity contribution in [2.45, 2.75) is 38.0 Å². The van der Waals surface area contributed by atoms with Crippen LogP contribution in [0.3, 0.4) is 0 Å². The number of allylic oxidation sites excluding steroid dienone is 4. The molecule has 2 fully saturated rings. The van der Waals surface area contributed by atoms with Crippen LogP contribution in [0.2, 0.25) is 0 Å². The molecular formula is C23H24O3. The Morgan fingerprint density at radius 3 is 2.27 bits per heavy atom. The average molecular weight is 348 g/mol. The summed E-state index contributed by atoms with van der Waals surface area (Å²) in [7, 11) is 1.66. The number of carbonyl (C=O) groups is 2. The minimum Gasteiger partial charge on any atom is -0.497 e. The molecule has 3 heteroatoms. The molecule has 0 amide bonds. The van der Waals surface area contributed by atoms with E-state index >= 15 is 0 Å². The van der Waals surface area contributed by atoms with Gasteiger partial charge in [-0.3, -0.25) is 9.59 Å². The molecule has 4 aliphatic carbocycles. The summed E-state index contributed by atoms with van der Waals surface area (Å²) in [5.41, 5.74) is 0.458. The maximum atomic E-state index is 13.1. The van der Waals surface area contributed by atoms with E-state index in [4.69, 9.17) is 4.74 Å². The van der Waals surface area contributed by atoms with Crippen LogP contribution < -0.4 is 4.74 Å². The Hall–Kier alpha value is -2.16. The van der Waals surface area contributed by atoms with E-state index in [0.29, 0.717) is 0 Å². The zero-order valence-electron chi connectivity index (χ0n) is 15.3. The second-order valence-corrected chi connectivity index (χ2v) is 8.60. The van der Waals surface area contributed by atoms with Crippen molar-refractivity contribution in [3.8, 4) is 5.75 Å². The van der Waals surface area contributed by atoms with Crippen LogP contribution in [-0.4, -0.2) is 18.7 Å². The predicted octanol–water partition coefficient (Wildman–Crippen LogP) is 4.02. The van der Waals surface area contributed by atoms with Crippen LogP contribution in [0.25, 0.3) is 0 Å². The Bertz CT molecular complexity index is 864. The zero-order chi connectivity index (χ0) is 18.2. The molecule has 0 saturated heterocycles. The SMILES string of the molecule is COc1ccc([C@]23C=C[C@@]4(CCCC[C@]24C)[C@H]2C(=O)C=CC(=O)[C@H]23)cc1. The van der Waals surface area contributed by atoms with Crippen LogP contribution >= 0.6 is 0 Å². The van der Waals surface area contributed by atoms with Gasteiger partial charge in [-0.15, -0.1) is 0 Å². The van der Waals surface area contributed by atoms with Crippen molar-refractivity contribution in [1.29, 1.82) is 0 Å². The van der Waals surface area contributed by atoms with Crippen LogP contribution in [0.15, 0.2) is 48.6 Å². The molecule has 0 radical (unpaired) electrons. The van der Waals surface area contributed by atoms with E-state index in [1.54, 1.807) is 7.11 Å². The maximum Gasteiger partial charge on any atom is 0.160 e. The molecule has 3 nitrogen and oxygen atoms in total. The third-order valence-electron chi connectivity index (χ3n) is 8.07. The van der Waals surface area contributed by atoms with E-state index in [1.807, 2.05) is 12.1 Å². The molecule has 4 aliphatic rings. The minimum atomic E-state index is -0.401. The normalized spacial score (nSPS) is 42.7. The highest BCUT2D eigenvalue weighted by Gasteiger charge is 2.78. The van der Waals surface area contributed by atoms with Gasteiger partial charge in [0.15, 0.2) is 11.6 Å². The smallest absolute Gasteiger partial charge is 0.160 e. The number of carbonyl (C=O) groups excluding carboxylic acids is 2. The summed E-state index contributed by atoms with van der Waals surface area (Å²) in [6.07, 6.45) is 12.0. The van der Waals surface area contributed by atoms with E-state index in [2.05, 4.69) is 31.2 Å². The molecule has 0 N–H and O–H groups in total. The van der Waals surface area contributed by atoms with E-state index in [9.17, 15) is 9.59 Å². The molecule has 0 aromatic heterocycles. The Morgan fingerprint density at radius 2 is 1.58 bits per heavy atom. The van der Waals surface area contributed by atoms with Gasteiger partial charge in [-0.2, -0.15) is 0 Å².